The van der Waals surface area contributed by atoms with Crippen LogP contribution in [0.1, 0.15) is 31.2 Å². The highest BCUT2D eigenvalue weighted by Crippen LogP contribution is 2.18. The molecule has 8 heteroatoms. The van der Waals surface area contributed by atoms with E-state index in [4.69, 9.17) is 0 Å². The number of nitrogens with zero attached hydrogens (tertiary/aromatic N) is 2. The van der Waals surface area contributed by atoms with Gasteiger partial charge in [-0.25, -0.2) is 5.43 Å². The molecule has 0 bridgehead atoms. The van der Waals surface area contributed by atoms with Crippen LogP contribution in [0.15, 0.2) is 29.4 Å². The van der Waals surface area contributed by atoms with E-state index in [0.717, 1.165) is 19.3 Å². The molecule has 0 unspecified atom stereocenters. The van der Waals surface area contributed by atoms with Crippen molar-refractivity contribution in [3.8, 4) is 5.75 Å². The molecular weight excluding hydrogens is 320 g/mol. The summed E-state index contributed by atoms with van der Waals surface area (Å²) < 4.78 is 29.0. The Balaban J connectivity index is 1.89. The number of amides is 2. The Morgan fingerprint density at radius 1 is 1.33 bits per heavy atom. The molecular formula is C16H19F2N3O3. The second-order valence-electron chi connectivity index (χ2n) is 5.34. The number of rotatable bonds is 6. The van der Waals surface area contributed by atoms with Gasteiger partial charge in [-0.15, -0.1) is 0 Å². The second-order valence-corrected chi connectivity index (χ2v) is 5.34. The van der Waals surface area contributed by atoms with Gasteiger partial charge in [-0.3, -0.25) is 9.59 Å². The van der Waals surface area contributed by atoms with E-state index in [1.54, 1.807) is 12.1 Å². The second kappa shape index (κ2) is 8.95. The fourth-order valence-corrected chi connectivity index (χ4v) is 2.38. The molecule has 1 heterocycles. The molecule has 1 fully saturated rings. The first-order valence-corrected chi connectivity index (χ1v) is 7.70. The zero-order chi connectivity index (χ0) is 17.4. The van der Waals surface area contributed by atoms with E-state index in [-0.39, 0.29) is 18.2 Å². The standard InChI is InChI=1S/C16H19F2N3O3/c17-16(18)24-13-7-4-3-6-12(13)10-19-20-14(22)11-21-9-5-1-2-8-15(21)23/h3-4,6-7,10,16H,1-2,5,8-9,11H2,(H,20,22)/b19-10-. The first-order valence-electron chi connectivity index (χ1n) is 7.70. The molecule has 0 aromatic heterocycles. The number of benzene rings is 1. The minimum Gasteiger partial charge on any atom is -0.434 e. The van der Waals surface area contributed by atoms with Gasteiger partial charge in [-0.05, 0) is 25.0 Å². The Morgan fingerprint density at radius 2 is 2.12 bits per heavy atom. The van der Waals surface area contributed by atoms with Crippen molar-refractivity contribution in [2.45, 2.75) is 32.3 Å². The van der Waals surface area contributed by atoms with Crippen LogP contribution in [-0.4, -0.2) is 42.6 Å². The van der Waals surface area contributed by atoms with E-state index in [9.17, 15) is 18.4 Å². The van der Waals surface area contributed by atoms with Crippen molar-refractivity contribution >= 4 is 18.0 Å². The fourth-order valence-electron chi connectivity index (χ4n) is 2.38. The number of carbonyl (C=O) groups excluding carboxylic acids is 2. The number of alkyl halides is 2. The maximum Gasteiger partial charge on any atom is 0.387 e. The summed E-state index contributed by atoms with van der Waals surface area (Å²) in [5, 5.41) is 3.74. The molecule has 1 aromatic carbocycles. The van der Waals surface area contributed by atoms with Crippen molar-refractivity contribution in [3.05, 3.63) is 29.8 Å². The molecule has 0 spiro atoms. The Labute approximate surface area is 138 Å². The van der Waals surface area contributed by atoms with Crippen LogP contribution in [0.4, 0.5) is 8.78 Å². The Hall–Kier alpha value is -2.51. The van der Waals surface area contributed by atoms with Crippen molar-refractivity contribution in [2.24, 2.45) is 5.10 Å². The van der Waals surface area contributed by atoms with Crippen LogP contribution >= 0.6 is 0 Å². The number of hydrogen-bond donors (Lipinski definition) is 1. The molecule has 1 saturated heterocycles. The van der Waals surface area contributed by atoms with Gasteiger partial charge in [0.05, 0.1) is 6.21 Å². The molecule has 24 heavy (non-hydrogen) atoms. The zero-order valence-electron chi connectivity index (χ0n) is 13.1. The normalized spacial score (nSPS) is 15.6. The average molecular weight is 339 g/mol. The predicted octanol–water partition coefficient (Wildman–Crippen LogP) is 2.14. The van der Waals surface area contributed by atoms with Crippen LogP contribution in [0, 0.1) is 0 Å². The summed E-state index contributed by atoms with van der Waals surface area (Å²) in [4.78, 5) is 25.2. The van der Waals surface area contributed by atoms with Gasteiger partial charge in [0.15, 0.2) is 0 Å². The molecule has 0 aliphatic carbocycles. The van der Waals surface area contributed by atoms with E-state index >= 15 is 0 Å². The summed E-state index contributed by atoms with van der Waals surface area (Å²) in [6.07, 6.45) is 4.37. The number of nitrogens with one attached hydrogen (secondary N) is 1. The monoisotopic (exact) mass is 339 g/mol. The van der Waals surface area contributed by atoms with Gasteiger partial charge in [-0.2, -0.15) is 13.9 Å². The molecule has 0 radical (unpaired) electrons. The molecule has 2 rings (SSSR count). The van der Waals surface area contributed by atoms with Crippen LogP contribution in [0.5, 0.6) is 5.75 Å². The molecule has 1 aliphatic heterocycles. The lowest BCUT2D eigenvalue weighted by atomic mass is 10.2. The van der Waals surface area contributed by atoms with Gasteiger partial charge in [-0.1, -0.05) is 18.6 Å². The lowest BCUT2D eigenvalue weighted by Gasteiger charge is -2.18. The van der Waals surface area contributed by atoms with Crippen LogP contribution in [0.25, 0.3) is 0 Å². The average Bonchev–Trinajstić information content (AvgIpc) is 2.73. The molecule has 2 amide bonds. The number of ether oxygens (including phenoxy) is 1. The van der Waals surface area contributed by atoms with Crippen LogP contribution in [0.3, 0.4) is 0 Å². The summed E-state index contributed by atoms with van der Waals surface area (Å²) in [6.45, 7) is -2.45. The number of halogens is 2. The van der Waals surface area contributed by atoms with Crippen molar-refractivity contribution in [2.75, 3.05) is 13.1 Å². The highest BCUT2D eigenvalue weighted by molar-refractivity contribution is 5.87. The summed E-state index contributed by atoms with van der Waals surface area (Å²) in [7, 11) is 0. The van der Waals surface area contributed by atoms with Crippen molar-refractivity contribution in [1.29, 1.82) is 0 Å². The Morgan fingerprint density at radius 3 is 2.92 bits per heavy atom. The third kappa shape index (κ3) is 5.60. The zero-order valence-corrected chi connectivity index (χ0v) is 13.1. The lowest BCUT2D eigenvalue weighted by molar-refractivity contribution is -0.135. The number of hydrogen-bond acceptors (Lipinski definition) is 4. The first kappa shape index (κ1) is 17.8. The summed E-state index contributed by atoms with van der Waals surface area (Å²) in [6, 6.07) is 6.10. The van der Waals surface area contributed by atoms with Gasteiger partial charge >= 0.3 is 6.61 Å². The third-order valence-corrected chi connectivity index (χ3v) is 3.53. The molecule has 1 N–H and O–H groups in total. The Kier molecular flexibility index (Phi) is 6.65. The molecule has 0 saturated carbocycles. The number of hydrazone groups is 1. The van der Waals surface area contributed by atoms with E-state index in [1.807, 2.05) is 0 Å². The number of carbonyl (C=O) groups is 2. The molecule has 1 aliphatic rings. The molecule has 0 atom stereocenters. The number of likely N-dealkylation sites (tertiary alicyclic amines) is 1. The fraction of sp³-hybridized carbons (Fsp3) is 0.438. The minimum absolute atomic E-state index is 0.0341. The van der Waals surface area contributed by atoms with Gasteiger partial charge in [0, 0.05) is 18.5 Å². The predicted molar refractivity (Wildman–Crippen MR) is 83.9 cm³/mol. The van der Waals surface area contributed by atoms with E-state index in [2.05, 4.69) is 15.3 Å². The van der Waals surface area contributed by atoms with Crippen LogP contribution in [0.2, 0.25) is 0 Å². The SMILES string of the molecule is O=C(CN1CCCCCC1=O)N/N=C\c1ccccc1OC(F)F. The van der Waals surface area contributed by atoms with Crippen LogP contribution in [-0.2, 0) is 9.59 Å². The first-order chi connectivity index (χ1) is 11.6. The van der Waals surface area contributed by atoms with Gasteiger partial charge in [0.2, 0.25) is 5.91 Å². The topological polar surface area (TPSA) is 71.0 Å². The van der Waals surface area contributed by atoms with Gasteiger partial charge in [0.1, 0.15) is 12.3 Å². The Bertz CT molecular complexity index is 608. The summed E-state index contributed by atoms with van der Waals surface area (Å²) >= 11 is 0. The lowest BCUT2D eigenvalue weighted by Crippen LogP contribution is -2.39. The molecule has 6 nitrogen and oxygen atoms in total. The molecule has 130 valence electrons. The van der Waals surface area contributed by atoms with Crippen molar-refractivity contribution in [3.63, 3.8) is 0 Å². The highest BCUT2D eigenvalue weighted by Gasteiger charge is 2.18. The van der Waals surface area contributed by atoms with Crippen molar-refractivity contribution in [1.82, 2.24) is 10.3 Å². The van der Waals surface area contributed by atoms with Gasteiger partial charge < -0.3 is 9.64 Å². The highest BCUT2D eigenvalue weighted by atomic mass is 19.3. The maximum atomic E-state index is 12.3. The maximum absolute atomic E-state index is 12.3. The third-order valence-electron chi connectivity index (χ3n) is 3.53. The van der Waals surface area contributed by atoms with E-state index in [0.29, 0.717) is 18.5 Å². The van der Waals surface area contributed by atoms with Gasteiger partial charge in [0.25, 0.3) is 5.91 Å². The van der Waals surface area contributed by atoms with Crippen molar-refractivity contribution < 1.29 is 23.1 Å². The quantitative estimate of drug-likeness (QED) is 0.638. The number of para-hydroxylation sites is 1. The summed E-state index contributed by atoms with van der Waals surface area (Å²) in [5.41, 5.74) is 2.60. The van der Waals surface area contributed by atoms with E-state index < -0.39 is 12.5 Å². The molecule has 1 aromatic rings. The van der Waals surface area contributed by atoms with Crippen LogP contribution < -0.4 is 10.2 Å². The smallest absolute Gasteiger partial charge is 0.387 e. The largest absolute Gasteiger partial charge is 0.434 e. The van der Waals surface area contributed by atoms with E-state index in [1.165, 1.54) is 23.2 Å². The summed E-state index contributed by atoms with van der Waals surface area (Å²) in [5.74, 6) is -0.510. The minimum atomic E-state index is -2.94.